The summed E-state index contributed by atoms with van der Waals surface area (Å²) in [5.41, 5.74) is 1.29. The van der Waals surface area contributed by atoms with Crippen molar-refractivity contribution in [3.63, 3.8) is 0 Å². The molecule has 2 rings (SSSR count). The maximum Gasteiger partial charge on any atom is 0.338 e. The summed E-state index contributed by atoms with van der Waals surface area (Å²) in [6, 6.07) is 13.0. The Balaban J connectivity index is 1.90. The van der Waals surface area contributed by atoms with Crippen molar-refractivity contribution >= 4 is 27.4 Å². The summed E-state index contributed by atoms with van der Waals surface area (Å²) in [5.74, 6) is -0.747. The number of benzene rings is 2. The molecule has 1 N–H and O–H groups in total. The Kier molecular flexibility index (Phi) is 6.95. The number of ether oxygens (including phenoxy) is 2. The van der Waals surface area contributed by atoms with E-state index < -0.39 is 28.3 Å². The number of amides is 1. The molecule has 0 bridgehead atoms. The lowest BCUT2D eigenvalue weighted by Crippen LogP contribution is -2.21. The second kappa shape index (κ2) is 9.18. The van der Waals surface area contributed by atoms with Crippen LogP contribution in [0, 0.1) is 0 Å². The van der Waals surface area contributed by atoms with E-state index in [1.54, 1.807) is 24.3 Å². The van der Waals surface area contributed by atoms with Gasteiger partial charge in [-0.1, -0.05) is 24.3 Å². The van der Waals surface area contributed by atoms with Gasteiger partial charge < -0.3 is 14.8 Å². The number of esters is 1. The lowest BCUT2D eigenvalue weighted by Gasteiger charge is -2.11. The lowest BCUT2D eigenvalue weighted by molar-refractivity contribution is -0.119. The first-order valence-corrected chi connectivity index (χ1v) is 10.3. The van der Waals surface area contributed by atoms with E-state index in [9.17, 15) is 18.0 Å². The summed E-state index contributed by atoms with van der Waals surface area (Å²) >= 11 is 0. The fraction of sp³-hybridized carbons (Fsp3) is 0.263. The zero-order valence-corrected chi connectivity index (χ0v) is 15.9. The minimum Gasteiger partial charge on any atom is -0.492 e. The van der Waals surface area contributed by atoms with E-state index in [0.717, 1.165) is 6.26 Å². The van der Waals surface area contributed by atoms with Crippen molar-refractivity contribution in [2.75, 3.05) is 24.8 Å². The van der Waals surface area contributed by atoms with Gasteiger partial charge in [-0.3, -0.25) is 4.79 Å². The van der Waals surface area contributed by atoms with Crippen molar-refractivity contribution in [1.29, 1.82) is 0 Å². The first-order valence-electron chi connectivity index (χ1n) is 8.24. The summed E-state index contributed by atoms with van der Waals surface area (Å²) in [7, 11) is -3.15. The predicted molar refractivity (Wildman–Crippen MR) is 102 cm³/mol. The highest BCUT2D eigenvalue weighted by Crippen LogP contribution is 2.23. The molecule has 0 unspecified atom stereocenters. The van der Waals surface area contributed by atoms with Crippen molar-refractivity contribution in [2.45, 2.75) is 12.7 Å². The number of hydrogen-bond donors (Lipinski definition) is 1. The van der Waals surface area contributed by atoms with Crippen LogP contribution in [-0.4, -0.2) is 39.8 Å². The maximum atomic E-state index is 12.0. The number of hydrogen-bond acceptors (Lipinski definition) is 6. The van der Waals surface area contributed by atoms with E-state index in [1.165, 1.54) is 24.3 Å². The zero-order valence-electron chi connectivity index (χ0n) is 15.1. The molecule has 0 aliphatic rings. The Hall–Kier alpha value is -2.87. The summed E-state index contributed by atoms with van der Waals surface area (Å²) in [4.78, 5) is 24.0. The van der Waals surface area contributed by atoms with Gasteiger partial charge in [-0.15, -0.1) is 0 Å². The number of rotatable bonds is 8. The predicted octanol–water partition coefficient (Wildman–Crippen LogP) is 2.43. The van der Waals surface area contributed by atoms with Crippen LogP contribution >= 0.6 is 0 Å². The molecule has 2 aromatic rings. The minimum atomic E-state index is -3.15. The van der Waals surface area contributed by atoms with E-state index >= 15 is 0 Å². The highest BCUT2D eigenvalue weighted by molar-refractivity contribution is 7.89. The van der Waals surface area contributed by atoms with E-state index in [2.05, 4.69) is 5.32 Å². The van der Waals surface area contributed by atoms with Gasteiger partial charge in [0.25, 0.3) is 5.91 Å². The van der Waals surface area contributed by atoms with Crippen LogP contribution < -0.4 is 10.1 Å². The molecule has 0 saturated heterocycles. The third-order valence-corrected chi connectivity index (χ3v) is 4.27. The van der Waals surface area contributed by atoms with Crippen LogP contribution in [0.1, 0.15) is 22.8 Å². The van der Waals surface area contributed by atoms with Gasteiger partial charge in [-0.25, -0.2) is 13.2 Å². The van der Waals surface area contributed by atoms with Crippen LogP contribution in [0.4, 0.5) is 5.69 Å². The monoisotopic (exact) mass is 391 g/mol. The van der Waals surface area contributed by atoms with Crippen LogP contribution in [0.3, 0.4) is 0 Å². The largest absolute Gasteiger partial charge is 0.492 e. The molecule has 0 spiro atoms. The first kappa shape index (κ1) is 20.4. The second-order valence-electron chi connectivity index (χ2n) is 5.82. The smallest absolute Gasteiger partial charge is 0.338 e. The van der Waals surface area contributed by atoms with Crippen LogP contribution in [0.5, 0.6) is 5.75 Å². The third-order valence-electron chi connectivity index (χ3n) is 3.41. The fourth-order valence-electron chi connectivity index (χ4n) is 2.29. The van der Waals surface area contributed by atoms with Gasteiger partial charge in [-0.05, 0) is 36.8 Å². The molecule has 0 aliphatic heterocycles. The number of anilines is 1. The lowest BCUT2D eigenvalue weighted by atomic mass is 10.1. The number of nitrogens with one attached hydrogen (secondary N) is 1. The number of carbonyl (C=O) groups is 2. The van der Waals surface area contributed by atoms with Crippen molar-refractivity contribution in [1.82, 2.24) is 0 Å². The number of carbonyl (C=O) groups excluding carboxylic acids is 2. The molecule has 8 heteroatoms. The first-order chi connectivity index (χ1) is 12.8. The molecular formula is C19H21NO6S. The molecule has 7 nitrogen and oxygen atoms in total. The van der Waals surface area contributed by atoms with Gasteiger partial charge in [0.15, 0.2) is 16.4 Å². The minimum absolute atomic E-state index is 0.107. The second-order valence-corrected chi connectivity index (χ2v) is 7.96. The van der Waals surface area contributed by atoms with Gasteiger partial charge in [0.2, 0.25) is 0 Å². The fourth-order valence-corrected chi connectivity index (χ4v) is 3.09. The van der Waals surface area contributed by atoms with Crippen molar-refractivity contribution < 1.29 is 27.5 Å². The molecule has 0 saturated carbocycles. The van der Waals surface area contributed by atoms with Crippen molar-refractivity contribution in [3.8, 4) is 5.75 Å². The summed E-state index contributed by atoms with van der Waals surface area (Å²) < 4.78 is 32.9. The molecule has 0 atom stereocenters. The van der Waals surface area contributed by atoms with E-state index in [1.807, 2.05) is 6.92 Å². The van der Waals surface area contributed by atoms with Gasteiger partial charge in [0.1, 0.15) is 5.75 Å². The SMILES string of the molecule is CCOc1ccccc1NC(=O)COC(=O)c1ccc(CS(C)(=O)=O)cc1. The Labute approximate surface area is 158 Å². The average Bonchev–Trinajstić information content (AvgIpc) is 2.61. The third kappa shape index (κ3) is 6.74. The number of sulfone groups is 1. The van der Waals surface area contributed by atoms with Crippen molar-refractivity contribution in [3.05, 3.63) is 59.7 Å². The molecule has 0 fully saturated rings. The standard InChI is InChI=1S/C19H21NO6S/c1-3-25-17-7-5-4-6-16(17)20-18(21)12-26-19(22)15-10-8-14(9-11-15)13-27(2,23)24/h4-11H,3,12-13H2,1-2H3,(H,20,21). The molecule has 27 heavy (non-hydrogen) atoms. The van der Waals surface area contributed by atoms with Crippen LogP contribution in [0.2, 0.25) is 0 Å². The quantitative estimate of drug-likeness (QED) is 0.694. The van der Waals surface area contributed by atoms with E-state index in [-0.39, 0.29) is 11.3 Å². The Morgan fingerprint density at radius 1 is 1.04 bits per heavy atom. The van der Waals surface area contributed by atoms with Crippen LogP contribution in [0.25, 0.3) is 0 Å². The molecule has 144 valence electrons. The maximum absolute atomic E-state index is 12.0. The van der Waals surface area contributed by atoms with Crippen LogP contribution in [-0.2, 0) is 25.1 Å². The van der Waals surface area contributed by atoms with E-state index in [4.69, 9.17) is 9.47 Å². The summed E-state index contributed by atoms with van der Waals surface area (Å²) in [6.07, 6.45) is 1.14. The summed E-state index contributed by atoms with van der Waals surface area (Å²) in [5, 5.41) is 2.63. The zero-order chi connectivity index (χ0) is 19.9. The molecule has 2 aromatic carbocycles. The normalized spacial score (nSPS) is 10.9. The average molecular weight is 391 g/mol. The molecule has 0 radical (unpaired) electrons. The van der Waals surface area contributed by atoms with Gasteiger partial charge in [0.05, 0.1) is 23.6 Å². The molecule has 0 heterocycles. The van der Waals surface area contributed by atoms with Gasteiger partial charge in [0, 0.05) is 6.26 Å². The molecular weight excluding hydrogens is 370 g/mol. The van der Waals surface area contributed by atoms with Gasteiger partial charge in [-0.2, -0.15) is 0 Å². The Morgan fingerprint density at radius 3 is 2.33 bits per heavy atom. The Morgan fingerprint density at radius 2 is 1.70 bits per heavy atom. The highest BCUT2D eigenvalue weighted by atomic mass is 32.2. The highest BCUT2D eigenvalue weighted by Gasteiger charge is 2.13. The molecule has 0 aliphatic carbocycles. The summed E-state index contributed by atoms with van der Waals surface area (Å²) in [6.45, 7) is 1.84. The molecule has 0 aromatic heterocycles. The van der Waals surface area contributed by atoms with E-state index in [0.29, 0.717) is 23.6 Å². The topological polar surface area (TPSA) is 98.8 Å². The van der Waals surface area contributed by atoms with Crippen LogP contribution in [0.15, 0.2) is 48.5 Å². The number of para-hydroxylation sites is 2. The van der Waals surface area contributed by atoms with Gasteiger partial charge >= 0.3 is 5.97 Å². The molecule has 1 amide bonds. The Bertz CT molecular complexity index is 906. The van der Waals surface area contributed by atoms with Crippen molar-refractivity contribution in [2.24, 2.45) is 0 Å².